The van der Waals surface area contributed by atoms with Crippen LogP contribution in [0.3, 0.4) is 0 Å². The monoisotopic (exact) mass is 272 g/mol. The first-order valence-electron chi connectivity index (χ1n) is 6.45. The van der Waals surface area contributed by atoms with Gasteiger partial charge < -0.3 is 10.4 Å². The maximum Gasteiger partial charge on any atom is 0.303 e. The Morgan fingerprint density at radius 1 is 1.35 bits per heavy atom. The summed E-state index contributed by atoms with van der Waals surface area (Å²) in [4.78, 5) is 25.6. The number of hydrogen-bond donors (Lipinski definition) is 2. The van der Waals surface area contributed by atoms with Crippen LogP contribution in [0.2, 0.25) is 0 Å². The number of fused-ring (bicyclic) bond motifs is 1. The van der Waals surface area contributed by atoms with E-state index in [4.69, 9.17) is 5.11 Å². The zero-order chi connectivity index (χ0) is 14.4. The number of amides is 1. The van der Waals surface area contributed by atoms with E-state index >= 15 is 0 Å². The second-order valence-corrected chi connectivity index (χ2v) is 4.61. The van der Waals surface area contributed by atoms with Gasteiger partial charge in [-0.25, -0.2) is 0 Å². The molecule has 0 fully saturated rings. The van der Waals surface area contributed by atoms with E-state index in [0.717, 1.165) is 16.5 Å². The van der Waals surface area contributed by atoms with Crippen LogP contribution in [0.15, 0.2) is 36.5 Å². The van der Waals surface area contributed by atoms with Crippen molar-refractivity contribution >= 4 is 23.3 Å². The van der Waals surface area contributed by atoms with E-state index in [0.29, 0.717) is 19.3 Å². The van der Waals surface area contributed by atoms with Crippen molar-refractivity contribution in [2.24, 2.45) is 0 Å². The summed E-state index contributed by atoms with van der Waals surface area (Å²) in [7, 11) is 0. The lowest BCUT2D eigenvalue weighted by Gasteiger charge is -2.16. The van der Waals surface area contributed by atoms with E-state index in [1.54, 1.807) is 6.20 Å². The Morgan fingerprint density at radius 2 is 2.15 bits per heavy atom. The van der Waals surface area contributed by atoms with Crippen LogP contribution in [-0.4, -0.2) is 28.5 Å². The molecule has 1 aromatic carbocycles. The van der Waals surface area contributed by atoms with Crippen LogP contribution in [0.4, 0.5) is 0 Å². The van der Waals surface area contributed by atoms with Crippen LogP contribution in [0.1, 0.15) is 18.4 Å². The van der Waals surface area contributed by atoms with Gasteiger partial charge in [0, 0.05) is 24.0 Å². The van der Waals surface area contributed by atoms with Gasteiger partial charge >= 0.3 is 5.97 Å². The van der Waals surface area contributed by atoms with Crippen molar-refractivity contribution < 1.29 is 14.7 Å². The SMILES string of the molecule is O=CNC(CCC(=O)O)Cc1ccnc2ccccc12. The van der Waals surface area contributed by atoms with Gasteiger partial charge in [0.25, 0.3) is 0 Å². The molecular formula is C15H16N2O3. The summed E-state index contributed by atoms with van der Waals surface area (Å²) in [5.74, 6) is -0.859. The van der Waals surface area contributed by atoms with E-state index in [-0.39, 0.29) is 12.5 Å². The van der Waals surface area contributed by atoms with Crippen molar-refractivity contribution in [2.75, 3.05) is 0 Å². The predicted molar refractivity (Wildman–Crippen MR) is 75.3 cm³/mol. The molecule has 0 spiro atoms. The molecule has 1 heterocycles. The second kappa shape index (κ2) is 6.65. The molecule has 0 saturated carbocycles. The van der Waals surface area contributed by atoms with Crippen LogP contribution in [0.5, 0.6) is 0 Å². The maximum atomic E-state index is 10.6. The number of aromatic nitrogens is 1. The minimum atomic E-state index is -0.859. The van der Waals surface area contributed by atoms with Crippen molar-refractivity contribution in [1.82, 2.24) is 10.3 Å². The van der Waals surface area contributed by atoms with Gasteiger partial charge in [0.1, 0.15) is 0 Å². The standard InChI is InChI=1S/C15H16N2O3/c18-10-17-12(5-6-15(19)20)9-11-7-8-16-14-4-2-1-3-13(11)14/h1-4,7-8,10,12H,5-6,9H2,(H,17,18)(H,19,20). The molecular weight excluding hydrogens is 256 g/mol. The van der Waals surface area contributed by atoms with Crippen molar-refractivity contribution in [3.8, 4) is 0 Å². The van der Waals surface area contributed by atoms with E-state index in [2.05, 4.69) is 10.3 Å². The number of carboxylic acid groups (broad SMARTS) is 1. The van der Waals surface area contributed by atoms with Crippen LogP contribution in [0.25, 0.3) is 10.9 Å². The van der Waals surface area contributed by atoms with Gasteiger partial charge in [0.15, 0.2) is 0 Å². The van der Waals surface area contributed by atoms with Gasteiger partial charge in [-0.3, -0.25) is 14.6 Å². The molecule has 0 aliphatic heterocycles. The number of carboxylic acids is 1. The molecule has 20 heavy (non-hydrogen) atoms. The molecule has 0 aliphatic rings. The number of nitrogens with zero attached hydrogens (tertiary/aromatic N) is 1. The summed E-state index contributed by atoms with van der Waals surface area (Å²) in [6.07, 6.45) is 3.39. The van der Waals surface area contributed by atoms with Gasteiger partial charge in [-0.05, 0) is 30.5 Å². The largest absolute Gasteiger partial charge is 0.481 e. The van der Waals surface area contributed by atoms with Gasteiger partial charge in [0.05, 0.1) is 5.52 Å². The molecule has 0 radical (unpaired) electrons. The molecule has 5 nitrogen and oxygen atoms in total. The Hall–Kier alpha value is -2.43. The van der Waals surface area contributed by atoms with E-state index in [1.165, 1.54) is 0 Å². The smallest absolute Gasteiger partial charge is 0.303 e. The highest BCUT2D eigenvalue weighted by Crippen LogP contribution is 2.18. The fourth-order valence-corrected chi connectivity index (χ4v) is 2.24. The predicted octanol–water partition coefficient (Wildman–Crippen LogP) is 1.76. The zero-order valence-corrected chi connectivity index (χ0v) is 11.0. The van der Waals surface area contributed by atoms with E-state index < -0.39 is 5.97 Å². The summed E-state index contributed by atoms with van der Waals surface area (Å²) in [5, 5.41) is 12.5. The first kappa shape index (κ1) is 14.0. The summed E-state index contributed by atoms with van der Waals surface area (Å²) in [6, 6.07) is 9.49. The molecule has 1 atom stereocenters. The Labute approximate surface area is 116 Å². The molecule has 2 aromatic rings. The lowest BCUT2D eigenvalue weighted by Crippen LogP contribution is -2.30. The quantitative estimate of drug-likeness (QED) is 0.753. The average Bonchev–Trinajstić information content (AvgIpc) is 2.45. The summed E-state index contributed by atoms with van der Waals surface area (Å²) < 4.78 is 0. The number of aliphatic carboxylic acids is 1. The third-order valence-electron chi connectivity index (χ3n) is 3.22. The minimum absolute atomic E-state index is 0.0362. The molecule has 2 N–H and O–H groups in total. The van der Waals surface area contributed by atoms with Gasteiger partial charge in [-0.1, -0.05) is 18.2 Å². The van der Waals surface area contributed by atoms with Crippen molar-refractivity contribution in [1.29, 1.82) is 0 Å². The molecule has 0 bridgehead atoms. The highest BCUT2D eigenvalue weighted by Gasteiger charge is 2.12. The molecule has 0 saturated heterocycles. The summed E-state index contributed by atoms with van der Waals surface area (Å²) in [5.41, 5.74) is 1.95. The van der Waals surface area contributed by atoms with Crippen molar-refractivity contribution in [2.45, 2.75) is 25.3 Å². The Balaban J connectivity index is 2.19. The van der Waals surface area contributed by atoms with Gasteiger partial charge in [-0.2, -0.15) is 0 Å². The summed E-state index contributed by atoms with van der Waals surface area (Å²) in [6.45, 7) is 0. The lowest BCUT2D eigenvalue weighted by atomic mass is 9.99. The van der Waals surface area contributed by atoms with Crippen LogP contribution in [-0.2, 0) is 16.0 Å². The third kappa shape index (κ3) is 3.54. The number of nitrogens with one attached hydrogen (secondary N) is 1. The fraction of sp³-hybridized carbons (Fsp3) is 0.267. The van der Waals surface area contributed by atoms with Crippen molar-refractivity contribution in [3.63, 3.8) is 0 Å². The van der Waals surface area contributed by atoms with Crippen LogP contribution >= 0.6 is 0 Å². The number of carbonyl (C=O) groups is 2. The fourth-order valence-electron chi connectivity index (χ4n) is 2.24. The second-order valence-electron chi connectivity index (χ2n) is 4.61. The summed E-state index contributed by atoms with van der Waals surface area (Å²) >= 11 is 0. The normalized spacial score (nSPS) is 12.0. The first-order valence-corrected chi connectivity index (χ1v) is 6.45. The van der Waals surface area contributed by atoms with Gasteiger partial charge in [0.2, 0.25) is 6.41 Å². The Morgan fingerprint density at radius 3 is 2.90 bits per heavy atom. The van der Waals surface area contributed by atoms with Gasteiger partial charge in [-0.15, -0.1) is 0 Å². The Kier molecular flexibility index (Phi) is 4.65. The highest BCUT2D eigenvalue weighted by molar-refractivity contribution is 5.81. The number of benzene rings is 1. The number of carbonyl (C=O) groups excluding carboxylic acids is 1. The average molecular weight is 272 g/mol. The number of pyridine rings is 1. The molecule has 5 heteroatoms. The topological polar surface area (TPSA) is 79.3 Å². The zero-order valence-electron chi connectivity index (χ0n) is 11.0. The Bertz CT molecular complexity index is 608. The molecule has 1 amide bonds. The minimum Gasteiger partial charge on any atom is -0.481 e. The number of para-hydroxylation sites is 1. The van der Waals surface area contributed by atoms with E-state index in [1.807, 2.05) is 30.3 Å². The highest BCUT2D eigenvalue weighted by atomic mass is 16.4. The lowest BCUT2D eigenvalue weighted by molar-refractivity contribution is -0.137. The van der Waals surface area contributed by atoms with E-state index in [9.17, 15) is 9.59 Å². The molecule has 0 aliphatic carbocycles. The van der Waals surface area contributed by atoms with Crippen molar-refractivity contribution in [3.05, 3.63) is 42.1 Å². The number of rotatable bonds is 7. The molecule has 1 unspecified atom stereocenters. The first-order chi connectivity index (χ1) is 9.70. The molecule has 2 rings (SSSR count). The van der Waals surface area contributed by atoms with Crippen LogP contribution < -0.4 is 5.32 Å². The maximum absolute atomic E-state index is 10.6. The van der Waals surface area contributed by atoms with Crippen LogP contribution in [0, 0.1) is 0 Å². The molecule has 104 valence electrons. The number of hydrogen-bond acceptors (Lipinski definition) is 3. The third-order valence-corrected chi connectivity index (χ3v) is 3.22. The molecule has 1 aromatic heterocycles.